The number of carbonyl (C=O) groups is 1. The van der Waals surface area contributed by atoms with Crippen LogP contribution in [0.2, 0.25) is 0 Å². The Morgan fingerprint density at radius 3 is 2.79 bits per heavy atom. The molecule has 5 nitrogen and oxygen atoms in total. The second-order valence-corrected chi connectivity index (χ2v) is 4.62. The molecule has 3 N–H and O–H groups in total. The van der Waals surface area contributed by atoms with Crippen LogP contribution in [0.1, 0.15) is 16.1 Å². The molecule has 0 aliphatic carbocycles. The Bertz CT molecular complexity index is 551. The van der Waals surface area contributed by atoms with E-state index in [1.54, 1.807) is 17.8 Å². The molecule has 1 amide bonds. The average molecular weight is 278 g/mol. The normalized spacial score (nSPS) is 10.2. The largest absolute Gasteiger partial charge is 0.486 e. The van der Waals surface area contributed by atoms with Crippen LogP contribution in [0.4, 0.5) is 0 Å². The highest BCUT2D eigenvalue weighted by molar-refractivity contribution is 7.98. The SMILES string of the molecule is CSc1ccc(OCc2cc(C(=O)NN)co2)cc1. The van der Waals surface area contributed by atoms with Crippen molar-refractivity contribution in [2.45, 2.75) is 11.5 Å². The standard InChI is InChI=1S/C13H14N2O3S/c1-19-12-4-2-10(3-5-12)18-8-11-6-9(7-17-11)13(16)15-14/h2-7H,8,14H2,1H3,(H,15,16). The summed E-state index contributed by atoms with van der Waals surface area (Å²) < 4.78 is 10.8. The average Bonchev–Trinajstić information content (AvgIpc) is 2.93. The summed E-state index contributed by atoms with van der Waals surface area (Å²) in [7, 11) is 0. The number of thioether (sulfide) groups is 1. The van der Waals surface area contributed by atoms with Crippen molar-refractivity contribution >= 4 is 17.7 Å². The van der Waals surface area contributed by atoms with Gasteiger partial charge in [-0.3, -0.25) is 10.2 Å². The summed E-state index contributed by atoms with van der Waals surface area (Å²) in [5.74, 6) is 5.95. The van der Waals surface area contributed by atoms with E-state index in [1.165, 1.54) is 11.2 Å². The van der Waals surface area contributed by atoms with Crippen LogP contribution in [-0.2, 0) is 6.61 Å². The number of ether oxygens (including phenoxy) is 1. The molecule has 0 radical (unpaired) electrons. The summed E-state index contributed by atoms with van der Waals surface area (Å²) in [6.45, 7) is 0.260. The summed E-state index contributed by atoms with van der Waals surface area (Å²) in [5.41, 5.74) is 2.41. The van der Waals surface area contributed by atoms with Crippen LogP contribution in [0.25, 0.3) is 0 Å². The Balaban J connectivity index is 1.94. The molecule has 1 aromatic carbocycles. The van der Waals surface area contributed by atoms with Gasteiger partial charge in [0.05, 0.1) is 5.56 Å². The smallest absolute Gasteiger partial charge is 0.268 e. The van der Waals surface area contributed by atoms with Gasteiger partial charge in [-0.15, -0.1) is 11.8 Å². The molecule has 0 atom stereocenters. The van der Waals surface area contributed by atoms with Gasteiger partial charge in [0.15, 0.2) is 0 Å². The van der Waals surface area contributed by atoms with Crippen molar-refractivity contribution in [3.8, 4) is 5.75 Å². The number of rotatable bonds is 5. The van der Waals surface area contributed by atoms with E-state index in [-0.39, 0.29) is 12.5 Å². The van der Waals surface area contributed by atoms with E-state index in [0.717, 1.165) is 5.75 Å². The van der Waals surface area contributed by atoms with Crippen molar-refractivity contribution in [2.24, 2.45) is 5.84 Å². The van der Waals surface area contributed by atoms with Gasteiger partial charge in [-0.2, -0.15) is 0 Å². The zero-order chi connectivity index (χ0) is 13.7. The Hall–Kier alpha value is -1.92. The van der Waals surface area contributed by atoms with E-state index in [2.05, 4.69) is 0 Å². The van der Waals surface area contributed by atoms with Gasteiger partial charge in [0, 0.05) is 4.90 Å². The molecule has 1 heterocycles. The molecule has 1 aromatic heterocycles. The highest BCUT2D eigenvalue weighted by atomic mass is 32.2. The number of furan rings is 1. The van der Waals surface area contributed by atoms with Crippen molar-refractivity contribution < 1.29 is 13.9 Å². The first-order chi connectivity index (χ1) is 9.22. The third kappa shape index (κ3) is 3.52. The van der Waals surface area contributed by atoms with Crippen molar-refractivity contribution in [1.82, 2.24) is 5.43 Å². The number of nitrogens with one attached hydrogen (secondary N) is 1. The predicted molar refractivity (Wildman–Crippen MR) is 72.9 cm³/mol. The first-order valence-corrected chi connectivity index (χ1v) is 6.80. The van der Waals surface area contributed by atoms with E-state index in [4.69, 9.17) is 15.0 Å². The van der Waals surface area contributed by atoms with Crippen LogP contribution in [0.5, 0.6) is 5.75 Å². The molecule has 0 aliphatic heterocycles. The second kappa shape index (κ2) is 6.31. The molecular formula is C13H14N2O3S. The van der Waals surface area contributed by atoms with Gasteiger partial charge in [-0.05, 0) is 36.6 Å². The number of amides is 1. The highest BCUT2D eigenvalue weighted by Gasteiger charge is 2.09. The maximum Gasteiger partial charge on any atom is 0.268 e. The van der Waals surface area contributed by atoms with Crippen LogP contribution in [-0.4, -0.2) is 12.2 Å². The number of hydrogen-bond acceptors (Lipinski definition) is 5. The monoisotopic (exact) mass is 278 g/mol. The molecule has 19 heavy (non-hydrogen) atoms. The zero-order valence-electron chi connectivity index (χ0n) is 10.4. The number of benzene rings is 1. The fourth-order valence-corrected chi connectivity index (χ4v) is 1.89. The van der Waals surface area contributed by atoms with Crippen LogP contribution < -0.4 is 16.0 Å². The quantitative estimate of drug-likeness (QED) is 0.379. The van der Waals surface area contributed by atoms with Gasteiger partial charge in [0.1, 0.15) is 24.4 Å². The first kappa shape index (κ1) is 13.5. The van der Waals surface area contributed by atoms with Gasteiger partial charge in [0.2, 0.25) is 0 Å². The first-order valence-electron chi connectivity index (χ1n) is 5.58. The minimum Gasteiger partial charge on any atom is -0.486 e. The molecule has 0 aliphatic rings. The summed E-state index contributed by atoms with van der Waals surface area (Å²) in [6, 6.07) is 9.34. The third-order valence-corrected chi connectivity index (χ3v) is 3.23. The van der Waals surface area contributed by atoms with E-state index in [1.807, 2.05) is 35.9 Å². The Labute approximate surface area is 115 Å². The summed E-state index contributed by atoms with van der Waals surface area (Å²) in [6.07, 6.45) is 3.36. The van der Waals surface area contributed by atoms with Gasteiger partial charge in [0.25, 0.3) is 5.91 Å². The molecule has 6 heteroatoms. The van der Waals surface area contributed by atoms with E-state index < -0.39 is 0 Å². The minimum atomic E-state index is -0.390. The van der Waals surface area contributed by atoms with Gasteiger partial charge >= 0.3 is 0 Å². The van der Waals surface area contributed by atoms with Crippen LogP contribution >= 0.6 is 11.8 Å². The van der Waals surface area contributed by atoms with Crippen molar-refractivity contribution in [2.75, 3.05) is 6.26 Å². The van der Waals surface area contributed by atoms with Crippen LogP contribution in [0.3, 0.4) is 0 Å². The topological polar surface area (TPSA) is 77.5 Å². The predicted octanol–water partition coefficient (Wildman–Crippen LogP) is 2.18. The number of nitrogens with two attached hydrogens (primary N) is 1. The lowest BCUT2D eigenvalue weighted by Gasteiger charge is -2.04. The summed E-state index contributed by atoms with van der Waals surface area (Å²) in [4.78, 5) is 12.4. The molecule has 100 valence electrons. The van der Waals surface area contributed by atoms with E-state index >= 15 is 0 Å². The van der Waals surface area contributed by atoms with Crippen molar-refractivity contribution in [1.29, 1.82) is 0 Å². The van der Waals surface area contributed by atoms with Crippen LogP contribution in [0, 0.1) is 0 Å². The lowest BCUT2D eigenvalue weighted by Crippen LogP contribution is -2.29. The molecule has 0 fully saturated rings. The van der Waals surface area contributed by atoms with E-state index in [0.29, 0.717) is 11.3 Å². The zero-order valence-corrected chi connectivity index (χ0v) is 11.2. The van der Waals surface area contributed by atoms with E-state index in [9.17, 15) is 4.79 Å². The molecule has 0 unspecified atom stereocenters. The maximum atomic E-state index is 11.2. The molecule has 0 bridgehead atoms. The molecule has 0 saturated heterocycles. The number of hydrogen-bond donors (Lipinski definition) is 2. The Kier molecular flexibility index (Phi) is 4.48. The fraction of sp³-hybridized carbons (Fsp3) is 0.154. The second-order valence-electron chi connectivity index (χ2n) is 3.74. The summed E-state index contributed by atoms with van der Waals surface area (Å²) >= 11 is 1.67. The maximum absolute atomic E-state index is 11.2. The molecule has 0 spiro atoms. The lowest BCUT2D eigenvalue weighted by molar-refractivity contribution is 0.0953. The number of nitrogen functional groups attached to an aromatic ring is 1. The number of carbonyl (C=O) groups excluding carboxylic acids is 1. The van der Waals surface area contributed by atoms with Gasteiger partial charge < -0.3 is 9.15 Å². The Morgan fingerprint density at radius 1 is 1.42 bits per heavy atom. The lowest BCUT2D eigenvalue weighted by atomic mass is 10.3. The number of hydrazine groups is 1. The Morgan fingerprint density at radius 2 is 2.16 bits per heavy atom. The highest BCUT2D eigenvalue weighted by Crippen LogP contribution is 2.20. The molecule has 2 rings (SSSR count). The third-order valence-electron chi connectivity index (χ3n) is 2.49. The molecule has 0 saturated carbocycles. The molecular weight excluding hydrogens is 264 g/mol. The van der Waals surface area contributed by atoms with Crippen molar-refractivity contribution in [3.05, 3.63) is 47.9 Å². The molecule has 2 aromatic rings. The van der Waals surface area contributed by atoms with Gasteiger partial charge in [-0.1, -0.05) is 0 Å². The fourth-order valence-electron chi connectivity index (χ4n) is 1.49. The van der Waals surface area contributed by atoms with Crippen LogP contribution in [0.15, 0.2) is 45.9 Å². The minimum absolute atomic E-state index is 0.260. The summed E-state index contributed by atoms with van der Waals surface area (Å²) in [5, 5.41) is 0. The van der Waals surface area contributed by atoms with Crippen molar-refractivity contribution in [3.63, 3.8) is 0 Å². The van der Waals surface area contributed by atoms with Gasteiger partial charge in [-0.25, -0.2) is 5.84 Å².